The van der Waals surface area contributed by atoms with Crippen LogP contribution in [0.5, 0.6) is 0 Å². The van der Waals surface area contributed by atoms with Gasteiger partial charge in [0.2, 0.25) is 0 Å². The lowest BCUT2D eigenvalue weighted by Gasteiger charge is -2.35. The van der Waals surface area contributed by atoms with Crippen LogP contribution in [0.25, 0.3) is 0 Å². The zero-order chi connectivity index (χ0) is 24.1. The Labute approximate surface area is 198 Å². The number of rotatable bonds is 10. The van der Waals surface area contributed by atoms with Gasteiger partial charge in [0, 0.05) is 25.6 Å². The molecule has 0 radical (unpaired) electrons. The van der Waals surface area contributed by atoms with Crippen molar-refractivity contribution < 1.29 is 8.78 Å². The lowest BCUT2D eigenvalue weighted by molar-refractivity contribution is 0.132. The summed E-state index contributed by atoms with van der Waals surface area (Å²) in [6.07, 6.45) is 5.01. The van der Waals surface area contributed by atoms with E-state index in [0.717, 1.165) is 42.5 Å². The number of benzene rings is 2. The summed E-state index contributed by atoms with van der Waals surface area (Å²) >= 11 is 0. The van der Waals surface area contributed by atoms with E-state index < -0.39 is 11.3 Å². The zero-order valence-corrected chi connectivity index (χ0v) is 20.6. The Hall–Kier alpha value is -2.25. The Kier molecular flexibility index (Phi) is 8.29. The van der Waals surface area contributed by atoms with Crippen LogP contribution < -0.4 is 0 Å². The third kappa shape index (κ3) is 6.21. The first-order valence-electron chi connectivity index (χ1n) is 12.4. The highest BCUT2D eigenvalue weighted by molar-refractivity contribution is 5.46. The van der Waals surface area contributed by atoms with E-state index in [1.807, 2.05) is 24.3 Å². The minimum atomic E-state index is -1.22. The fraction of sp³-hybridized carbons (Fsp3) is 0.552. The first-order chi connectivity index (χ1) is 15.8. The molecule has 2 aromatic rings. The number of halogens is 2. The third-order valence-corrected chi connectivity index (χ3v) is 7.06. The molecule has 4 heteroatoms. The quantitative estimate of drug-likeness (QED) is 0.368. The molecule has 1 unspecified atom stereocenters. The Balaban J connectivity index is 0.000000968. The highest BCUT2D eigenvalue weighted by Gasteiger charge is 2.50. The summed E-state index contributed by atoms with van der Waals surface area (Å²) in [7, 11) is 0. The van der Waals surface area contributed by atoms with Crippen molar-refractivity contribution in [3.63, 3.8) is 0 Å². The first kappa shape index (κ1) is 25.4. The van der Waals surface area contributed by atoms with Crippen molar-refractivity contribution in [1.82, 2.24) is 4.90 Å². The van der Waals surface area contributed by atoms with Crippen LogP contribution in [0.4, 0.5) is 8.78 Å². The molecule has 0 heterocycles. The number of nitriles is 1. The van der Waals surface area contributed by atoms with Crippen LogP contribution in [0.15, 0.2) is 48.5 Å². The van der Waals surface area contributed by atoms with Gasteiger partial charge in [0.25, 0.3) is 0 Å². The maximum atomic E-state index is 15.1. The van der Waals surface area contributed by atoms with Crippen LogP contribution in [0, 0.1) is 11.3 Å². The van der Waals surface area contributed by atoms with E-state index in [1.54, 1.807) is 6.07 Å². The molecule has 0 saturated heterocycles. The van der Waals surface area contributed by atoms with Gasteiger partial charge < -0.3 is 0 Å². The summed E-state index contributed by atoms with van der Waals surface area (Å²) in [6.45, 7) is 9.05. The highest BCUT2D eigenvalue weighted by atomic mass is 19.1. The van der Waals surface area contributed by atoms with Crippen molar-refractivity contribution in [2.24, 2.45) is 0 Å². The van der Waals surface area contributed by atoms with Crippen LogP contribution in [-0.4, -0.2) is 17.0 Å². The summed E-state index contributed by atoms with van der Waals surface area (Å²) in [5.74, 6) is 0. The van der Waals surface area contributed by atoms with E-state index in [4.69, 9.17) is 5.26 Å². The predicted octanol–water partition coefficient (Wildman–Crippen LogP) is 7.76. The minimum Gasteiger partial charge on any atom is -0.294 e. The van der Waals surface area contributed by atoms with Gasteiger partial charge in [-0.25, -0.2) is 8.78 Å². The molecule has 2 aromatic carbocycles. The van der Waals surface area contributed by atoms with E-state index in [-0.39, 0.29) is 0 Å². The van der Waals surface area contributed by atoms with Crippen LogP contribution in [0.3, 0.4) is 0 Å². The average molecular weight is 453 g/mol. The lowest BCUT2D eigenvalue weighted by Crippen LogP contribution is -2.40. The molecule has 0 spiro atoms. The molecular weight excluding hydrogens is 414 g/mol. The summed E-state index contributed by atoms with van der Waals surface area (Å²) in [4.78, 5) is 2.54. The van der Waals surface area contributed by atoms with Gasteiger partial charge in [0.15, 0.2) is 0 Å². The number of hydrogen-bond acceptors (Lipinski definition) is 2. The average Bonchev–Trinajstić information content (AvgIpc) is 3.73. The van der Waals surface area contributed by atoms with Crippen LogP contribution in [0.2, 0.25) is 0 Å². The van der Waals surface area contributed by atoms with E-state index in [2.05, 4.69) is 49.9 Å². The molecule has 33 heavy (non-hydrogen) atoms. The zero-order valence-electron chi connectivity index (χ0n) is 20.6. The summed E-state index contributed by atoms with van der Waals surface area (Å²) in [5.41, 5.74) is 1.35. The van der Waals surface area contributed by atoms with Gasteiger partial charge in [-0.3, -0.25) is 4.90 Å². The Morgan fingerprint density at radius 1 is 0.939 bits per heavy atom. The van der Waals surface area contributed by atoms with Gasteiger partial charge in [-0.15, -0.1) is 0 Å². The van der Waals surface area contributed by atoms with Crippen molar-refractivity contribution in [2.45, 2.75) is 103 Å². The Morgan fingerprint density at radius 3 is 1.88 bits per heavy atom. The van der Waals surface area contributed by atoms with Gasteiger partial charge in [-0.05, 0) is 81.0 Å². The van der Waals surface area contributed by atoms with Gasteiger partial charge in [-0.1, -0.05) is 55.5 Å². The van der Waals surface area contributed by atoms with Crippen LogP contribution in [-0.2, 0) is 24.3 Å². The van der Waals surface area contributed by atoms with E-state index >= 15 is 8.78 Å². The first-order valence-corrected chi connectivity index (χ1v) is 12.4. The normalized spacial score (nSPS) is 18.3. The van der Waals surface area contributed by atoms with Crippen molar-refractivity contribution in [3.8, 4) is 6.07 Å². The molecular formula is C29H38F2N2. The number of hydrogen-bond donors (Lipinski definition) is 0. The monoisotopic (exact) mass is 452 g/mol. The number of alkyl halides is 2. The number of nitrogens with zero attached hydrogens (tertiary/aromatic N) is 2. The largest absolute Gasteiger partial charge is 0.294 e. The second-order valence-electron chi connectivity index (χ2n) is 9.84. The fourth-order valence-electron chi connectivity index (χ4n) is 4.90. The molecule has 4 rings (SSSR count). The molecule has 0 amide bonds. The van der Waals surface area contributed by atoms with E-state index in [1.165, 1.54) is 12.5 Å². The minimum absolute atomic E-state index is 0.385. The Morgan fingerprint density at radius 2 is 1.45 bits per heavy atom. The van der Waals surface area contributed by atoms with Crippen molar-refractivity contribution >= 4 is 0 Å². The van der Waals surface area contributed by atoms with Crippen molar-refractivity contribution in [3.05, 3.63) is 70.8 Å². The molecule has 0 bridgehead atoms. The molecule has 0 N–H and O–H groups in total. The predicted molar refractivity (Wildman–Crippen MR) is 131 cm³/mol. The van der Waals surface area contributed by atoms with Crippen LogP contribution in [0.1, 0.15) is 88.5 Å². The standard InChI is InChI=1S/C27H35F2N.C2H3N/c1-4-22(30(20(2)3)19-21-9-6-5-7-10-21)13-14-23-24(26(28)15-16-26)11-8-12-25(23)27(29)17-18-27;1-2-3/h5-12,20,22H,4,13-19H2,1-3H3;1H3. The van der Waals surface area contributed by atoms with Gasteiger partial charge in [0.1, 0.15) is 11.3 Å². The molecule has 2 fully saturated rings. The third-order valence-electron chi connectivity index (χ3n) is 7.06. The summed E-state index contributed by atoms with van der Waals surface area (Å²) in [5, 5.41) is 7.32. The second kappa shape index (κ2) is 10.8. The highest BCUT2D eigenvalue weighted by Crippen LogP contribution is 2.56. The van der Waals surface area contributed by atoms with Gasteiger partial charge in [0.05, 0.1) is 6.07 Å². The molecule has 2 aliphatic rings. The summed E-state index contributed by atoms with van der Waals surface area (Å²) in [6, 6.07) is 18.8. The molecule has 178 valence electrons. The second-order valence-corrected chi connectivity index (χ2v) is 9.84. The lowest BCUT2D eigenvalue weighted by atomic mass is 9.88. The topological polar surface area (TPSA) is 27.0 Å². The van der Waals surface area contributed by atoms with E-state index in [0.29, 0.717) is 37.8 Å². The summed E-state index contributed by atoms with van der Waals surface area (Å²) < 4.78 is 30.3. The van der Waals surface area contributed by atoms with Crippen molar-refractivity contribution in [1.29, 1.82) is 5.26 Å². The molecule has 0 aromatic heterocycles. The molecule has 0 aliphatic heterocycles. The molecule has 2 nitrogen and oxygen atoms in total. The fourth-order valence-corrected chi connectivity index (χ4v) is 4.90. The van der Waals surface area contributed by atoms with Crippen molar-refractivity contribution in [2.75, 3.05) is 0 Å². The molecule has 2 saturated carbocycles. The molecule has 2 aliphatic carbocycles. The maximum absolute atomic E-state index is 15.1. The molecule has 1 atom stereocenters. The Bertz CT molecular complexity index is 904. The van der Waals surface area contributed by atoms with Gasteiger partial charge >= 0.3 is 0 Å². The maximum Gasteiger partial charge on any atom is 0.136 e. The SMILES string of the molecule is CC#N.CCC(CCc1c(C2(F)CC2)cccc1C1(F)CC1)N(Cc1ccccc1)C(C)C. The van der Waals surface area contributed by atoms with Crippen LogP contribution >= 0.6 is 0 Å². The van der Waals surface area contributed by atoms with Gasteiger partial charge in [-0.2, -0.15) is 5.26 Å². The smallest absolute Gasteiger partial charge is 0.136 e. The van der Waals surface area contributed by atoms with E-state index in [9.17, 15) is 0 Å².